The maximum Gasteiger partial charge on any atom is 0.307 e. The van der Waals surface area contributed by atoms with E-state index < -0.39 is 5.60 Å². The van der Waals surface area contributed by atoms with E-state index >= 15 is 0 Å². The molecule has 1 atom stereocenters. The number of carbonyl (C=O) groups excluding carboxylic acids is 1. The van der Waals surface area contributed by atoms with Crippen molar-refractivity contribution in [1.82, 2.24) is 19.9 Å². The molecule has 2 heterocycles. The van der Waals surface area contributed by atoms with Gasteiger partial charge in [0.15, 0.2) is 5.82 Å². The van der Waals surface area contributed by atoms with Crippen LogP contribution < -0.4 is 5.32 Å². The summed E-state index contributed by atoms with van der Waals surface area (Å²) in [5.74, 6) is 2.50. The maximum absolute atomic E-state index is 12.5. The third-order valence-corrected chi connectivity index (χ3v) is 6.00. The molecule has 8 heteroatoms. The van der Waals surface area contributed by atoms with Crippen LogP contribution in [0.5, 0.6) is 0 Å². The lowest BCUT2D eigenvalue weighted by Crippen LogP contribution is -2.25. The predicted molar refractivity (Wildman–Crippen MR) is 135 cm³/mol. The SMILES string of the molecule is CC.CCn1nccc1NCc1noc([C@H](CCCC2CCCCC2)CC(=O)OC(C)(C)C)n1. The van der Waals surface area contributed by atoms with Crippen molar-refractivity contribution >= 4 is 11.8 Å². The summed E-state index contributed by atoms with van der Waals surface area (Å²) in [5, 5.41) is 11.7. The van der Waals surface area contributed by atoms with E-state index in [0.717, 1.165) is 31.1 Å². The minimum absolute atomic E-state index is 0.115. The number of aryl methyl sites for hydroxylation is 1. The quantitative estimate of drug-likeness (QED) is 0.371. The van der Waals surface area contributed by atoms with Gasteiger partial charge in [0.2, 0.25) is 5.89 Å². The van der Waals surface area contributed by atoms with Crippen molar-refractivity contribution in [3.05, 3.63) is 24.0 Å². The lowest BCUT2D eigenvalue weighted by atomic mass is 9.84. The van der Waals surface area contributed by atoms with Gasteiger partial charge in [-0.3, -0.25) is 9.48 Å². The van der Waals surface area contributed by atoms with Crippen LogP contribution in [0.4, 0.5) is 5.82 Å². The van der Waals surface area contributed by atoms with Gasteiger partial charge >= 0.3 is 5.97 Å². The largest absolute Gasteiger partial charge is 0.460 e. The molecule has 0 spiro atoms. The molecule has 0 bridgehead atoms. The monoisotopic (exact) mass is 475 g/mol. The molecule has 192 valence electrons. The van der Waals surface area contributed by atoms with Crippen molar-refractivity contribution in [1.29, 1.82) is 0 Å². The molecule has 1 fully saturated rings. The first-order valence-electron chi connectivity index (χ1n) is 13.1. The van der Waals surface area contributed by atoms with E-state index in [0.29, 0.717) is 18.3 Å². The molecule has 0 unspecified atom stereocenters. The smallest absolute Gasteiger partial charge is 0.307 e. The summed E-state index contributed by atoms with van der Waals surface area (Å²) in [6, 6.07) is 1.92. The van der Waals surface area contributed by atoms with Crippen molar-refractivity contribution in [2.75, 3.05) is 5.32 Å². The summed E-state index contributed by atoms with van der Waals surface area (Å²) in [6.07, 6.45) is 11.9. The molecule has 1 aliphatic carbocycles. The standard InChI is InChI=1S/C24H39N5O3.C2H6/c1-5-29-21(14-15-26-29)25-17-20-27-23(32-28-20)19(16-22(30)31-24(2,3)4)13-9-12-18-10-7-6-8-11-18;1-2/h14-15,18-19,25H,5-13,16-17H2,1-4H3;1-2H3/t19-;/m1./s1. The zero-order chi connectivity index (χ0) is 25.0. The van der Waals surface area contributed by atoms with E-state index in [1.54, 1.807) is 6.20 Å². The highest BCUT2D eigenvalue weighted by Crippen LogP contribution is 2.31. The molecule has 34 heavy (non-hydrogen) atoms. The van der Waals surface area contributed by atoms with Gasteiger partial charge < -0.3 is 14.6 Å². The van der Waals surface area contributed by atoms with E-state index in [1.807, 2.05) is 52.3 Å². The Morgan fingerprint density at radius 3 is 2.68 bits per heavy atom. The van der Waals surface area contributed by atoms with Crippen molar-refractivity contribution < 1.29 is 14.1 Å². The molecule has 0 aromatic carbocycles. The van der Waals surface area contributed by atoms with Crippen LogP contribution in [-0.4, -0.2) is 31.5 Å². The average molecular weight is 476 g/mol. The highest BCUT2D eigenvalue weighted by atomic mass is 16.6. The van der Waals surface area contributed by atoms with Gasteiger partial charge in [0, 0.05) is 18.5 Å². The van der Waals surface area contributed by atoms with Crippen molar-refractivity contribution in [3.8, 4) is 0 Å². The van der Waals surface area contributed by atoms with E-state index in [9.17, 15) is 4.79 Å². The minimum atomic E-state index is -0.504. The summed E-state index contributed by atoms with van der Waals surface area (Å²) >= 11 is 0. The molecule has 0 amide bonds. The van der Waals surface area contributed by atoms with Crippen LogP contribution in [0.25, 0.3) is 0 Å². The number of rotatable bonds is 11. The fourth-order valence-corrected chi connectivity index (χ4v) is 4.44. The Morgan fingerprint density at radius 2 is 2.00 bits per heavy atom. The lowest BCUT2D eigenvalue weighted by molar-refractivity contribution is -0.155. The molecule has 2 aromatic heterocycles. The first-order valence-corrected chi connectivity index (χ1v) is 13.1. The zero-order valence-corrected chi connectivity index (χ0v) is 22.1. The van der Waals surface area contributed by atoms with Crippen LogP contribution >= 0.6 is 0 Å². The topological polar surface area (TPSA) is 95.1 Å². The Hall–Kier alpha value is -2.38. The number of nitrogens with one attached hydrogen (secondary N) is 1. The minimum Gasteiger partial charge on any atom is -0.460 e. The van der Waals surface area contributed by atoms with E-state index in [-0.39, 0.29) is 18.3 Å². The number of esters is 1. The molecule has 3 rings (SSSR count). The number of ether oxygens (including phenoxy) is 1. The number of hydrogen-bond donors (Lipinski definition) is 1. The fraction of sp³-hybridized carbons (Fsp3) is 0.769. The molecular weight excluding hydrogens is 430 g/mol. The zero-order valence-electron chi connectivity index (χ0n) is 22.1. The molecule has 1 saturated carbocycles. The number of nitrogens with zero attached hydrogens (tertiary/aromatic N) is 4. The van der Waals surface area contributed by atoms with E-state index in [2.05, 4.69) is 20.6 Å². The average Bonchev–Trinajstić information content (AvgIpc) is 3.47. The second-order valence-electron chi connectivity index (χ2n) is 9.86. The Balaban J connectivity index is 0.00000199. The third kappa shape index (κ3) is 9.47. The van der Waals surface area contributed by atoms with E-state index in [1.165, 1.54) is 38.5 Å². The van der Waals surface area contributed by atoms with Gasteiger partial charge in [-0.25, -0.2) is 0 Å². The number of anilines is 1. The van der Waals surface area contributed by atoms with Crippen molar-refractivity contribution in [2.24, 2.45) is 5.92 Å². The summed E-state index contributed by atoms with van der Waals surface area (Å²) in [6.45, 7) is 12.9. The van der Waals surface area contributed by atoms with Crippen LogP contribution in [0.15, 0.2) is 16.8 Å². The Bertz CT molecular complexity index is 834. The van der Waals surface area contributed by atoms with Gasteiger partial charge in [-0.05, 0) is 40.0 Å². The van der Waals surface area contributed by atoms with Crippen LogP contribution in [0.2, 0.25) is 0 Å². The Labute approximate surface area is 205 Å². The Kier molecular flexibility index (Phi) is 11.6. The molecule has 0 aliphatic heterocycles. The third-order valence-electron chi connectivity index (χ3n) is 6.00. The highest BCUT2D eigenvalue weighted by molar-refractivity contribution is 5.70. The second kappa shape index (κ2) is 14.1. The van der Waals surface area contributed by atoms with Crippen LogP contribution in [0.1, 0.15) is 117 Å². The van der Waals surface area contributed by atoms with Gasteiger partial charge in [0.05, 0.1) is 19.2 Å². The van der Waals surface area contributed by atoms with Crippen molar-refractivity contribution in [3.63, 3.8) is 0 Å². The van der Waals surface area contributed by atoms with Gasteiger partial charge in [-0.2, -0.15) is 10.1 Å². The summed E-state index contributed by atoms with van der Waals surface area (Å²) in [4.78, 5) is 17.1. The molecule has 1 N–H and O–H groups in total. The number of carbonyl (C=O) groups is 1. The molecule has 1 aliphatic rings. The van der Waals surface area contributed by atoms with Crippen LogP contribution in [0, 0.1) is 5.92 Å². The number of hydrogen-bond acceptors (Lipinski definition) is 7. The first kappa shape index (κ1) is 27.9. The maximum atomic E-state index is 12.5. The number of aromatic nitrogens is 4. The van der Waals surface area contributed by atoms with Gasteiger partial charge in [-0.1, -0.05) is 63.9 Å². The lowest BCUT2D eigenvalue weighted by Gasteiger charge is -2.23. The predicted octanol–water partition coefficient (Wildman–Crippen LogP) is 6.49. The second-order valence-corrected chi connectivity index (χ2v) is 9.86. The Morgan fingerprint density at radius 1 is 1.26 bits per heavy atom. The van der Waals surface area contributed by atoms with Gasteiger partial charge in [0.25, 0.3) is 0 Å². The van der Waals surface area contributed by atoms with E-state index in [4.69, 9.17) is 9.26 Å². The van der Waals surface area contributed by atoms with Gasteiger partial charge in [-0.15, -0.1) is 0 Å². The van der Waals surface area contributed by atoms with Crippen LogP contribution in [0.3, 0.4) is 0 Å². The fourth-order valence-electron chi connectivity index (χ4n) is 4.44. The summed E-state index contributed by atoms with van der Waals surface area (Å²) in [5.41, 5.74) is -0.504. The first-order chi connectivity index (χ1) is 16.3. The molecule has 0 radical (unpaired) electrons. The molecular formula is C26H45N5O3. The molecule has 0 saturated heterocycles. The summed E-state index contributed by atoms with van der Waals surface area (Å²) < 4.78 is 13.0. The molecule has 8 nitrogen and oxygen atoms in total. The normalized spacial score (nSPS) is 15.4. The highest BCUT2D eigenvalue weighted by Gasteiger charge is 2.26. The van der Waals surface area contributed by atoms with Gasteiger partial charge in [0.1, 0.15) is 11.4 Å². The van der Waals surface area contributed by atoms with Crippen molar-refractivity contribution in [2.45, 2.75) is 124 Å². The van der Waals surface area contributed by atoms with Crippen LogP contribution in [-0.2, 0) is 22.6 Å². The summed E-state index contributed by atoms with van der Waals surface area (Å²) in [7, 11) is 0. The molecule has 2 aromatic rings.